The number of aryl methyl sites for hydroxylation is 1. The summed E-state index contributed by atoms with van der Waals surface area (Å²) < 4.78 is 36.4. The van der Waals surface area contributed by atoms with Gasteiger partial charge in [0.15, 0.2) is 6.61 Å². The highest BCUT2D eigenvalue weighted by molar-refractivity contribution is 7.89. The first kappa shape index (κ1) is 22.1. The smallest absolute Gasteiger partial charge is 0.324 e. The van der Waals surface area contributed by atoms with Gasteiger partial charge in [0.25, 0.3) is 5.91 Å². The average molecular weight is 423 g/mol. The molecule has 0 saturated carbocycles. The van der Waals surface area contributed by atoms with Crippen LogP contribution in [0.25, 0.3) is 0 Å². The normalized spacial score (nSPS) is 12.1. The Kier molecular flexibility index (Phi) is 7.51. The molecule has 0 aliphatic heterocycles. The maximum absolute atomic E-state index is 12.3. The van der Waals surface area contributed by atoms with Crippen LogP contribution < -0.4 is 15.4 Å². The number of furan rings is 1. The molecular formula is C18H21N3O7S. The number of hydrogen-bond acceptors (Lipinski definition) is 7. The van der Waals surface area contributed by atoms with Gasteiger partial charge in [-0.25, -0.2) is 13.2 Å². The fourth-order valence-electron chi connectivity index (χ4n) is 2.12. The molecule has 29 heavy (non-hydrogen) atoms. The van der Waals surface area contributed by atoms with Crippen molar-refractivity contribution >= 4 is 27.9 Å². The molecule has 1 aromatic carbocycles. The van der Waals surface area contributed by atoms with Crippen LogP contribution in [0.15, 0.2) is 52.0 Å². The summed E-state index contributed by atoms with van der Waals surface area (Å²) in [5, 5.41) is 4.35. The van der Waals surface area contributed by atoms with Crippen LogP contribution in [0.4, 0.5) is 4.79 Å². The molecule has 2 rings (SSSR count). The van der Waals surface area contributed by atoms with Crippen LogP contribution in [0.1, 0.15) is 18.2 Å². The van der Waals surface area contributed by atoms with Gasteiger partial charge in [-0.2, -0.15) is 4.72 Å². The van der Waals surface area contributed by atoms with Gasteiger partial charge in [0, 0.05) is 0 Å². The number of hydrogen-bond donors (Lipinski definition) is 3. The van der Waals surface area contributed by atoms with E-state index in [1.807, 2.05) is 12.2 Å². The van der Waals surface area contributed by atoms with E-state index in [1.54, 1.807) is 24.3 Å². The van der Waals surface area contributed by atoms with Crippen molar-refractivity contribution in [3.8, 4) is 0 Å². The van der Waals surface area contributed by atoms with E-state index in [-0.39, 0.29) is 11.4 Å². The van der Waals surface area contributed by atoms with Crippen LogP contribution in [-0.4, -0.2) is 39.0 Å². The molecule has 1 heterocycles. The van der Waals surface area contributed by atoms with E-state index in [0.29, 0.717) is 5.76 Å². The number of ether oxygens (including phenoxy) is 1. The van der Waals surface area contributed by atoms with Gasteiger partial charge in [-0.1, -0.05) is 17.7 Å². The van der Waals surface area contributed by atoms with Crippen LogP contribution >= 0.6 is 0 Å². The second kappa shape index (κ2) is 9.85. The summed E-state index contributed by atoms with van der Waals surface area (Å²) in [4.78, 5) is 35.2. The van der Waals surface area contributed by atoms with Crippen molar-refractivity contribution < 1.29 is 32.0 Å². The van der Waals surface area contributed by atoms with Gasteiger partial charge in [-0.3, -0.25) is 14.9 Å². The molecule has 156 valence electrons. The van der Waals surface area contributed by atoms with Crippen LogP contribution in [0, 0.1) is 6.92 Å². The predicted molar refractivity (Wildman–Crippen MR) is 101 cm³/mol. The first-order valence-electron chi connectivity index (χ1n) is 8.53. The maximum atomic E-state index is 12.3. The van der Waals surface area contributed by atoms with Gasteiger partial charge >= 0.3 is 12.0 Å². The number of carbonyl (C=O) groups excluding carboxylic acids is 3. The number of rotatable bonds is 8. The first-order chi connectivity index (χ1) is 13.7. The third-order valence-electron chi connectivity index (χ3n) is 3.62. The lowest BCUT2D eigenvalue weighted by atomic mass is 10.2. The van der Waals surface area contributed by atoms with E-state index >= 15 is 0 Å². The summed E-state index contributed by atoms with van der Waals surface area (Å²) in [6.45, 7) is 2.42. The highest BCUT2D eigenvalue weighted by Crippen LogP contribution is 2.10. The van der Waals surface area contributed by atoms with Gasteiger partial charge in [0.05, 0.1) is 17.7 Å². The highest BCUT2D eigenvalue weighted by atomic mass is 32.2. The Hall–Kier alpha value is -3.18. The van der Waals surface area contributed by atoms with Gasteiger partial charge in [0.1, 0.15) is 11.8 Å². The minimum absolute atomic E-state index is 0.00581. The molecule has 2 aromatic rings. The number of nitrogens with one attached hydrogen (secondary N) is 3. The molecule has 1 atom stereocenters. The highest BCUT2D eigenvalue weighted by Gasteiger charge is 2.23. The third kappa shape index (κ3) is 7.05. The van der Waals surface area contributed by atoms with Crippen LogP contribution in [0.3, 0.4) is 0 Å². The zero-order valence-electron chi connectivity index (χ0n) is 15.8. The summed E-state index contributed by atoms with van der Waals surface area (Å²) >= 11 is 0. The number of esters is 1. The van der Waals surface area contributed by atoms with E-state index in [2.05, 4.69) is 10.0 Å². The molecular weight excluding hydrogens is 402 g/mol. The molecule has 0 unspecified atom stereocenters. The molecule has 0 aliphatic carbocycles. The van der Waals surface area contributed by atoms with E-state index in [1.165, 1.54) is 25.3 Å². The van der Waals surface area contributed by atoms with E-state index in [0.717, 1.165) is 5.56 Å². The van der Waals surface area contributed by atoms with Crippen molar-refractivity contribution in [2.24, 2.45) is 0 Å². The summed E-state index contributed by atoms with van der Waals surface area (Å²) in [6, 6.07) is 7.32. The molecule has 0 fully saturated rings. The Morgan fingerprint density at radius 1 is 1.14 bits per heavy atom. The summed E-state index contributed by atoms with van der Waals surface area (Å²) in [5.41, 5.74) is 0.885. The monoisotopic (exact) mass is 423 g/mol. The molecule has 0 bridgehead atoms. The molecule has 11 heteroatoms. The maximum Gasteiger partial charge on any atom is 0.324 e. The van der Waals surface area contributed by atoms with Crippen LogP contribution in [-0.2, 0) is 30.9 Å². The predicted octanol–water partition coefficient (Wildman–Crippen LogP) is 0.824. The molecule has 0 spiro atoms. The Balaban J connectivity index is 1.76. The molecule has 0 aliphatic rings. The SMILES string of the molecule is Cc1ccc(S(=O)(=O)N[C@H](C)C(=O)OCC(=O)NC(=O)NCc2ccco2)cc1. The zero-order chi connectivity index (χ0) is 21.4. The lowest BCUT2D eigenvalue weighted by Gasteiger charge is -2.14. The molecule has 0 radical (unpaired) electrons. The molecule has 10 nitrogen and oxygen atoms in total. The Morgan fingerprint density at radius 3 is 2.45 bits per heavy atom. The zero-order valence-corrected chi connectivity index (χ0v) is 16.6. The topological polar surface area (TPSA) is 144 Å². The lowest BCUT2D eigenvalue weighted by molar-refractivity contribution is -0.149. The van der Waals surface area contributed by atoms with Gasteiger partial charge in [-0.05, 0) is 38.1 Å². The number of carbonyl (C=O) groups is 3. The molecule has 1 aromatic heterocycles. The second-order valence-electron chi connectivity index (χ2n) is 6.07. The van der Waals surface area contributed by atoms with Crippen molar-refractivity contribution in [2.75, 3.05) is 6.61 Å². The summed E-state index contributed by atoms with van der Waals surface area (Å²) in [6.07, 6.45) is 1.44. The molecule has 0 saturated heterocycles. The number of amides is 3. The van der Waals surface area contributed by atoms with Gasteiger partial charge in [-0.15, -0.1) is 0 Å². The third-order valence-corrected chi connectivity index (χ3v) is 5.18. The van der Waals surface area contributed by atoms with Crippen molar-refractivity contribution in [2.45, 2.75) is 31.3 Å². The van der Waals surface area contributed by atoms with Crippen molar-refractivity contribution in [1.82, 2.24) is 15.4 Å². The minimum Gasteiger partial charge on any atom is -0.467 e. The van der Waals surface area contributed by atoms with Crippen LogP contribution in [0.2, 0.25) is 0 Å². The van der Waals surface area contributed by atoms with Crippen molar-refractivity contribution in [3.63, 3.8) is 0 Å². The second-order valence-corrected chi connectivity index (χ2v) is 7.79. The number of urea groups is 1. The van der Waals surface area contributed by atoms with Crippen LogP contribution in [0.5, 0.6) is 0 Å². The molecule has 3 N–H and O–H groups in total. The van der Waals surface area contributed by atoms with Gasteiger partial charge in [0.2, 0.25) is 10.0 Å². The number of imide groups is 1. The van der Waals surface area contributed by atoms with E-state index < -0.39 is 40.6 Å². The minimum atomic E-state index is -3.93. The average Bonchev–Trinajstić information content (AvgIpc) is 3.18. The van der Waals surface area contributed by atoms with Gasteiger partial charge < -0.3 is 14.5 Å². The van der Waals surface area contributed by atoms with E-state index in [9.17, 15) is 22.8 Å². The summed E-state index contributed by atoms with van der Waals surface area (Å²) in [7, 11) is -3.93. The fourth-order valence-corrected chi connectivity index (χ4v) is 3.31. The number of sulfonamides is 1. The van der Waals surface area contributed by atoms with Crippen molar-refractivity contribution in [1.29, 1.82) is 0 Å². The largest absolute Gasteiger partial charge is 0.467 e. The number of benzene rings is 1. The Labute approximate surface area is 167 Å². The van der Waals surface area contributed by atoms with Crippen molar-refractivity contribution in [3.05, 3.63) is 54.0 Å². The Bertz CT molecular complexity index is 954. The first-order valence-corrected chi connectivity index (χ1v) is 10.0. The molecule has 3 amide bonds. The lowest BCUT2D eigenvalue weighted by Crippen LogP contribution is -2.43. The van der Waals surface area contributed by atoms with E-state index in [4.69, 9.17) is 9.15 Å². The Morgan fingerprint density at radius 2 is 1.83 bits per heavy atom. The standard InChI is InChI=1S/C18H21N3O7S/c1-12-5-7-15(8-6-12)29(25,26)21-13(2)17(23)28-11-16(22)20-18(24)19-10-14-4-3-9-27-14/h3-9,13,21H,10-11H2,1-2H3,(H2,19,20,22,24)/t13-/m1/s1. The summed E-state index contributed by atoms with van der Waals surface area (Å²) in [5.74, 6) is -1.34. The fraction of sp³-hybridized carbons (Fsp3) is 0.278. The quantitative estimate of drug-likeness (QED) is 0.533.